The van der Waals surface area contributed by atoms with Crippen LogP contribution in [-0.4, -0.2) is 38.8 Å². The first-order chi connectivity index (χ1) is 13.3. The van der Waals surface area contributed by atoms with E-state index in [-0.39, 0.29) is 23.3 Å². The summed E-state index contributed by atoms with van der Waals surface area (Å²) in [6.45, 7) is 4.50. The monoisotopic (exact) mass is 402 g/mol. The Hall–Kier alpha value is -2.38. The summed E-state index contributed by atoms with van der Waals surface area (Å²) in [4.78, 5) is 13.0. The van der Waals surface area contributed by atoms with Crippen molar-refractivity contribution in [2.24, 2.45) is 5.92 Å². The maximum absolute atomic E-state index is 13.0. The van der Waals surface area contributed by atoms with Gasteiger partial charge in [0.1, 0.15) is 5.75 Å². The smallest absolute Gasteiger partial charge is 0.243 e. The minimum absolute atomic E-state index is 0.132. The van der Waals surface area contributed by atoms with E-state index in [0.29, 0.717) is 25.1 Å². The van der Waals surface area contributed by atoms with Crippen LogP contribution in [0.5, 0.6) is 5.75 Å². The van der Waals surface area contributed by atoms with Crippen molar-refractivity contribution in [2.75, 3.05) is 25.5 Å². The molecule has 0 radical (unpaired) electrons. The molecule has 0 aliphatic carbocycles. The van der Waals surface area contributed by atoms with Crippen LogP contribution in [0.3, 0.4) is 0 Å². The van der Waals surface area contributed by atoms with Crippen LogP contribution in [0.1, 0.15) is 24.0 Å². The van der Waals surface area contributed by atoms with Gasteiger partial charge in [-0.05, 0) is 62.1 Å². The van der Waals surface area contributed by atoms with Crippen molar-refractivity contribution in [3.05, 3.63) is 53.6 Å². The number of sulfonamides is 1. The number of methoxy groups -OCH3 is 1. The Kier molecular flexibility index (Phi) is 6.05. The number of nitrogens with one attached hydrogen (secondary N) is 1. The van der Waals surface area contributed by atoms with Crippen molar-refractivity contribution in [2.45, 2.75) is 31.6 Å². The van der Waals surface area contributed by atoms with E-state index in [4.69, 9.17) is 4.74 Å². The Balaban J connectivity index is 1.75. The quantitative estimate of drug-likeness (QED) is 0.832. The highest BCUT2D eigenvalue weighted by molar-refractivity contribution is 7.89. The molecular formula is C21H26N2O4S. The van der Waals surface area contributed by atoms with Gasteiger partial charge in [-0.15, -0.1) is 0 Å². The molecule has 7 heteroatoms. The topological polar surface area (TPSA) is 75.7 Å². The zero-order valence-corrected chi connectivity index (χ0v) is 17.3. The number of hydrogen-bond donors (Lipinski definition) is 1. The molecule has 1 heterocycles. The number of anilines is 1. The van der Waals surface area contributed by atoms with Gasteiger partial charge in [0.25, 0.3) is 0 Å². The first-order valence-electron chi connectivity index (χ1n) is 9.34. The fourth-order valence-electron chi connectivity index (χ4n) is 3.51. The molecule has 1 atom stereocenters. The zero-order valence-electron chi connectivity index (χ0n) is 16.4. The van der Waals surface area contributed by atoms with E-state index in [1.807, 2.05) is 32.0 Å². The predicted molar refractivity (Wildman–Crippen MR) is 109 cm³/mol. The molecule has 3 rings (SSSR count). The number of rotatable bonds is 5. The van der Waals surface area contributed by atoms with Crippen LogP contribution in [0.4, 0.5) is 5.69 Å². The molecule has 2 aromatic carbocycles. The Labute approximate surface area is 166 Å². The fourth-order valence-corrected chi connectivity index (χ4v) is 5.03. The van der Waals surface area contributed by atoms with Gasteiger partial charge in [-0.2, -0.15) is 4.31 Å². The number of carbonyl (C=O) groups excluding carboxylic acids is 1. The molecule has 28 heavy (non-hydrogen) atoms. The number of aryl methyl sites for hydroxylation is 2. The summed E-state index contributed by atoms with van der Waals surface area (Å²) < 4.78 is 32.5. The molecule has 6 nitrogen and oxygen atoms in total. The summed E-state index contributed by atoms with van der Waals surface area (Å²) in [7, 11) is -2.11. The lowest BCUT2D eigenvalue weighted by Gasteiger charge is -2.31. The molecule has 0 spiro atoms. The lowest BCUT2D eigenvalue weighted by Crippen LogP contribution is -2.43. The molecule has 1 N–H and O–H groups in total. The van der Waals surface area contributed by atoms with Crippen LogP contribution in [-0.2, 0) is 14.8 Å². The minimum atomic E-state index is -3.64. The zero-order chi connectivity index (χ0) is 20.3. The normalized spacial score (nSPS) is 17.9. The van der Waals surface area contributed by atoms with Crippen molar-refractivity contribution in [1.82, 2.24) is 4.31 Å². The molecule has 1 aliphatic rings. The van der Waals surface area contributed by atoms with Gasteiger partial charge in [0.2, 0.25) is 15.9 Å². The van der Waals surface area contributed by atoms with E-state index in [1.165, 1.54) is 23.5 Å². The molecule has 0 unspecified atom stereocenters. The van der Waals surface area contributed by atoms with Crippen molar-refractivity contribution in [3.8, 4) is 5.75 Å². The average Bonchev–Trinajstić information content (AvgIpc) is 2.71. The number of benzene rings is 2. The summed E-state index contributed by atoms with van der Waals surface area (Å²) in [6, 6.07) is 12.2. The number of para-hydroxylation sites is 1. The van der Waals surface area contributed by atoms with Crippen LogP contribution in [0.15, 0.2) is 47.4 Å². The molecule has 1 aliphatic heterocycles. The molecule has 0 saturated carbocycles. The van der Waals surface area contributed by atoms with Crippen LogP contribution in [0, 0.1) is 19.8 Å². The fraction of sp³-hybridized carbons (Fsp3) is 0.381. The second kappa shape index (κ2) is 8.32. The van der Waals surface area contributed by atoms with Gasteiger partial charge in [0.15, 0.2) is 0 Å². The van der Waals surface area contributed by atoms with E-state index < -0.39 is 10.0 Å². The van der Waals surface area contributed by atoms with Crippen LogP contribution >= 0.6 is 0 Å². The van der Waals surface area contributed by atoms with Crippen LogP contribution < -0.4 is 10.1 Å². The number of nitrogens with zero attached hydrogens (tertiary/aromatic N) is 1. The lowest BCUT2D eigenvalue weighted by atomic mass is 9.98. The summed E-state index contributed by atoms with van der Waals surface area (Å²) in [5.41, 5.74) is 2.79. The molecule has 1 saturated heterocycles. The SMILES string of the molecule is COc1ccc(S(=O)(=O)N2CCC[C@H](C(=O)Nc3c(C)cccc3C)C2)cc1. The minimum Gasteiger partial charge on any atom is -0.497 e. The van der Waals surface area contributed by atoms with E-state index in [1.54, 1.807) is 12.1 Å². The van der Waals surface area contributed by atoms with Crippen molar-refractivity contribution >= 4 is 21.6 Å². The third-order valence-corrected chi connectivity index (χ3v) is 7.06. The molecule has 0 bridgehead atoms. The van der Waals surface area contributed by atoms with E-state index in [2.05, 4.69) is 5.32 Å². The Morgan fingerprint density at radius 3 is 2.36 bits per heavy atom. The molecule has 150 valence electrons. The number of piperidine rings is 1. The summed E-state index contributed by atoms with van der Waals surface area (Å²) in [5, 5.41) is 3.00. The van der Waals surface area contributed by atoms with Gasteiger partial charge in [0, 0.05) is 18.8 Å². The van der Waals surface area contributed by atoms with Crippen molar-refractivity contribution < 1.29 is 17.9 Å². The Morgan fingerprint density at radius 1 is 1.11 bits per heavy atom. The van der Waals surface area contributed by atoms with E-state index in [9.17, 15) is 13.2 Å². The maximum Gasteiger partial charge on any atom is 0.243 e. The molecular weight excluding hydrogens is 376 g/mol. The average molecular weight is 403 g/mol. The molecule has 1 amide bonds. The van der Waals surface area contributed by atoms with Crippen molar-refractivity contribution in [3.63, 3.8) is 0 Å². The molecule has 2 aromatic rings. The second-order valence-electron chi connectivity index (χ2n) is 7.13. The van der Waals surface area contributed by atoms with Gasteiger partial charge in [-0.25, -0.2) is 8.42 Å². The highest BCUT2D eigenvalue weighted by Crippen LogP contribution is 2.27. The largest absolute Gasteiger partial charge is 0.497 e. The highest BCUT2D eigenvalue weighted by Gasteiger charge is 2.33. The number of amides is 1. The summed E-state index contributed by atoms with van der Waals surface area (Å²) >= 11 is 0. The third-order valence-electron chi connectivity index (χ3n) is 5.18. The summed E-state index contributed by atoms with van der Waals surface area (Å²) in [5.74, 6) is 0.0938. The van der Waals surface area contributed by atoms with Gasteiger partial charge in [-0.3, -0.25) is 4.79 Å². The first-order valence-corrected chi connectivity index (χ1v) is 10.8. The van der Waals surface area contributed by atoms with Crippen LogP contribution in [0.2, 0.25) is 0 Å². The van der Waals surface area contributed by atoms with Gasteiger partial charge >= 0.3 is 0 Å². The lowest BCUT2D eigenvalue weighted by molar-refractivity contribution is -0.120. The van der Waals surface area contributed by atoms with Crippen LogP contribution in [0.25, 0.3) is 0 Å². The van der Waals surface area contributed by atoms with Gasteiger partial charge in [-0.1, -0.05) is 18.2 Å². The molecule has 1 fully saturated rings. The standard InChI is InChI=1S/C21H26N2O4S/c1-15-6-4-7-16(2)20(15)22-21(24)17-8-5-13-23(14-17)28(25,26)19-11-9-18(27-3)10-12-19/h4,6-7,9-12,17H,5,8,13-14H2,1-3H3,(H,22,24)/t17-/m0/s1. The third kappa shape index (κ3) is 4.20. The highest BCUT2D eigenvalue weighted by atomic mass is 32.2. The Morgan fingerprint density at radius 2 is 1.75 bits per heavy atom. The molecule has 0 aromatic heterocycles. The predicted octanol–water partition coefficient (Wildman–Crippen LogP) is 3.35. The Bertz CT molecular complexity index is 935. The maximum atomic E-state index is 13.0. The van der Waals surface area contributed by atoms with Gasteiger partial charge < -0.3 is 10.1 Å². The van der Waals surface area contributed by atoms with Gasteiger partial charge in [0.05, 0.1) is 17.9 Å². The van der Waals surface area contributed by atoms with E-state index >= 15 is 0 Å². The summed E-state index contributed by atoms with van der Waals surface area (Å²) in [6.07, 6.45) is 1.33. The second-order valence-corrected chi connectivity index (χ2v) is 9.07. The number of ether oxygens (including phenoxy) is 1. The van der Waals surface area contributed by atoms with E-state index in [0.717, 1.165) is 16.8 Å². The first kappa shape index (κ1) is 20.4. The number of hydrogen-bond acceptors (Lipinski definition) is 4. The van der Waals surface area contributed by atoms with Crippen molar-refractivity contribution in [1.29, 1.82) is 0 Å². The number of carbonyl (C=O) groups is 1.